The van der Waals surface area contributed by atoms with Crippen molar-refractivity contribution < 1.29 is 0 Å². The summed E-state index contributed by atoms with van der Waals surface area (Å²) in [4.78, 5) is 5.08. The van der Waals surface area contributed by atoms with Crippen molar-refractivity contribution in [2.45, 2.75) is 98.3 Å². The molecule has 0 unspecified atom stereocenters. The molecule has 4 heterocycles. The standard InChI is InChI=1S/C68H60N4/c1-67(2,3)45-25-31-57-55(37-45)63-59(69(47-19-9-7-10-20-47)49-27-23-41-15-13-17-43(41)35-49)33-29-51-53-40-62-54(39-61(53)71(57)65(51)63)52-30-34-60(64-56-38-46(68(4,5)6)26-32-58(56)72(62)66(52)64)70(48-21-11-8-12-22-48)50-28-24-42-16-14-18-44(42)36-50/h7-12,19-25,27-31,33-40H,13-18,26,32H2,1-6H3. The molecule has 15 rings (SSSR count). The number of aromatic nitrogens is 2. The molecule has 4 aromatic heterocycles. The number of para-hydroxylation sites is 2. The number of rotatable bonds is 6. The number of fused-ring (bicyclic) bond motifs is 14. The summed E-state index contributed by atoms with van der Waals surface area (Å²) in [7, 11) is 0. The summed E-state index contributed by atoms with van der Waals surface area (Å²) < 4.78 is 5.31. The molecular weight excluding hydrogens is 873 g/mol. The van der Waals surface area contributed by atoms with Crippen LogP contribution in [-0.4, -0.2) is 8.80 Å². The molecule has 3 aliphatic carbocycles. The summed E-state index contributed by atoms with van der Waals surface area (Å²) in [5, 5.41) is 9.22. The molecule has 0 N–H and O–H groups in total. The number of nitrogens with zero attached hydrogens (tertiary/aromatic N) is 4. The fourth-order valence-electron chi connectivity index (χ4n) is 13.7. The van der Waals surface area contributed by atoms with Crippen LogP contribution in [0.25, 0.3) is 71.4 Å². The van der Waals surface area contributed by atoms with Crippen molar-refractivity contribution in [2.75, 3.05) is 9.80 Å². The zero-order chi connectivity index (χ0) is 48.4. The van der Waals surface area contributed by atoms with E-state index in [1.807, 2.05) is 0 Å². The first-order chi connectivity index (χ1) is 35.0. The van der Waals surface area contributed by atoms with E-state index in [2.05, 4.69) is 218 Å². The molecule has 4 nitrogen and oxygen atoms in total. The van der Waals surface area contributed by atoms with Gasteiger partial charge in [-0.3, -0.25) is 0 Å². The summed E-state index contributed by atoms with van der Waals surface area (Å²) >= 11 is 0. The van der Waals surface area contributed by atoms with E-state index in [1.165, 1.54) is 170 Å². The minimum absolute atomic E-state index is 0.00799. The van der Waals surface area contributed by atoms with E-state index in [9.17, 15) is 0 Å². The Hall–Kier alpha value is -7.56. The Morgan fingerprint density at radius 1 is 0.389 bits per heavy atom. The van der Waals surface area contributed by atoms with Crippen LogP contribution < -0.4 is 9.80 Å². The van der Waals surface area contributed by atoms with Crippen LogP contribution >= 0.6 is 0 Å². The zero-order valence-corrected chi connectivity index (χ0v) is 42.5. The maximum absolute atomic E-state index is 2.69. The molecule has 8 aromatic carbocycles. The predicted molar refractivity (Wildman–Crippen MR) is 306 cm³/mol. The molecule has 4 heteroatoms. The SMILES string of the molecule is CC(C)(C)C1=Cc2c(n3c4cc5c6ccc(N(c7ccccc7)c7ccc8c(c7)CCC8)c7c8cc(C(C)(C)C)ccc8n(c5cc4c4ccc(N(c5ccccc5)c5ccc8c(c5)CCC8)c2c43)c67)CC1. The van der Waals surface area contributed by atoms with Gasteiger partial charge in [0, 0.05) is 71.7 Å². The normalized spacial score (nSPS) is 15.0. The molecule has 72 heavy (non-hydrogen) atoms. The Morgan fingerprint density at radius 3 is 1.50 bits per heavy atom. The van der Waals surface area contributed by atoms with E-state index < -0.39 is 0 Å². The summed E-state index contributed by atoms with van der Waals surface area (Å²) in [6, 6.07) is 58.8. The third kappa shape index (κ3) is 5.99. The molecular formula is C68H60N4. The lowest BCUT2D eigenvalue weighted by Crippen LogP contribution is -2.14. The Morgan fingerprint density at radius 2 is 0.931 bits per heavy atom. The number of benzene rings is 8. The maximum Gasteiger partial charge on any atom is 0.0641 e. The van der Waals surface area contributed by atoms with Crippen molar-refractivity contribution in [3.05, 3.63) is 196 Å². The van der Waals surface area contributed by atoms with Crippen LogP contribution in [0.3, 0.4) is 0 Å². The first-order valence-corrected chi connectivity index (χ1v) is 26.6. The maximum atomic E-state index is 2.69. The molecule has 0 fully saturated rings. The molecule has 0 spiro atoms. The molecule has 12 aromatic rings. The van der Waals surface area contributed by atoms with E-state index in [0.29, 0.717) is 0 Å². The number of hydrogen-bond acceptors (Lipinski definition) is 2. The second-order valence-electron chi connectivity index (χ2n) is 23.5. The number of allylic oxidation sites excluding steroid dienone is 1. The van der Waals surface area contributed by atoms with Crippen molar-refractivity contribution in [3.8, 4) is 0 Å². The fraction of sp³-hybridized carbons (Fsp3) is 0.235. The minimum Gasteiger partial charge on any atom is -0.312 e. The van der Waals surface area contributed by atoms with E-state index in [4.69, 9.17) is 0 Å². The van der Waals surface area contributed by atoms with Crippen molar-refractivity contribution in [3.63, 3.8) is 0 Å². The van der Waals surface area contributed by atoms with Gasteiger partial charge in [-0.25, -0.2) is 0 Å². The molecule has 0 bridgehead atoms. The first kappa shape index (κ1) is 42.2. The van der Waals surface area contributed by atoms with Gasteiger partial charge in [-0.05, 0) is 175 Å². The molecule has 0 aliphatic heterocycles. The van der Waals surface area contributed by atoms with Gasteiger partial charge in [-0.2, -0.15) is 0 Å². The van der Waals surface area contributed by atoms with Gasteiger partial charge in [0.1, 0.15) is 0 Å². The highest BCUT2D eigenvalue weighted by Crippen LogP contribution is 2.53. The van der Waals surface area contributed by atoms with Crippen LogP contribution in [0.15, 0.2) is 157 Å². The van der Waals surface area contributed by atoms with E-state index in [1.54, 1.807) is 0 Å². The average Bonchev–Trinajstić information content (AvgIpc) is 4.26. The quantitative estimate of drug-likeness (QED) is 0.165. The second kappa shape index (κ2) is 15.0. The molecule has 3 aliphatic rings. The number of aryl methyl sites for hydroxylation is 5. The minimum atomic E-state index is -0.00799. The largest absolute Gasteiger partial charge is 0.312 e. The van der Waals surface area contributed by atoms with Crippen molar-refractivity contribution in [2.24, 2.45) is 5.41 Å². The second-order valence-corrected chi connectivity index (χ2v) is 23.5. The molecule has 0 saturated heterocycles. The smallest absolute Gasteiger partial charge is 0.0641 e. The number of anilines is 6. The van der Waals surface area contributed by atoms with Gasteiger partial charge in [0.05, 0.1) is 39.0 Å². The Bertz CT molecular complexity index is 4230. The topological polar surface area (TPSA) is 15.3 Å². The molecule has 0 saturated carbocycles. The van der Waals surface area contributed by atoms with Gasteiger partial charge < -0.3 is 18.6 Å². The van der Waals surface area contributed by atoms with Gasteiger partial charge in [-0.1, -0.05) is 120 Å². The highest BCUT2D eigenvalue weighted by Gasteiger charge is 2.33. The average molecular weight is 933 g/mol. The third-order valence-corrected chi connectivity index (χ3v) is 17.3. The highest BCUT2D eigenvalue weighted by atomic mass is 15.2. The summed E-state index contributed by atoms with van der Waals surface area (Å²) in [6.07, 6.45) is 11.7. The molecule has 0 amide bonds. The zero-order valence-electron chi connectivity index (χ0n) is 42.5. The Kier molecular flexibility index (Phi) is 8.78. The van der Waals surface area contributed by atoms with Crippen molar-refractivity contribution in [1.29, 1.82) is 0 Å². The van der Waals surface area contributed by atoms with Crippen molar-refractivity contribution in [1.82, 2.24) is 8.80 Å². The lowest BCUT2D eigenvalue weighted by Gasteiger charge is -2.29. The van der Waals surface area contributed by atoms with Gasteiger partial charge in [-0.15, -0.1) is 0 Å². The predicted octanol–water partition coefficient (Wildman–Crippen LogP) is 18.4. The highest BCUT2D eigenvalue weighted by molar-refractivity contribution is 6.30. The third-order valence-electron chi connectivity index (χ3n) is 17.3. The lowest BCUT2D eigenvalue weighted by molar-refractivity contribution is 0.483. The van der Waals surface area contributed by atoms with Crippen LogP contribution in [0.2, 0.25) is 0 Å². The van der Waals surface area contributed by atoms with E-state index in [-0.39, 0.29) is 10.8 Å². The summed E-state index contributed by atoms with van der Waals surface area (Å²) in [6.45, 7) is 14.2. The molecule has 352 valence electrons. The van der Waals surface area contributed by atoms with E-state index in [0.717, 1.165) is 25.7 Å². The molecule has 0 radical (unpaired) electrons. The van der Waals surface area contributed by atoms with Crippen LogP contribution in [-0.2, 0) is 37.5 Å². The van der Waals surface area contributed by atoms with Gasteiger partial charge in [0.15, 0.2) is 0 Å². The van der Waals surface area contributed by atoms with Gasteiger partial charge in [0.25, 0.3) is 0 Å². The van der Waals surface area contributed by atoms with Crippen LogP contribution in [0, 0.1) is 5.41 Å². The summed E-state index contributed by atoms with van der Waals surface area (Å²) in [5.74, 6) is 0. The monoisotopic (exact) mass is 932 g/mol. The Balaban J connectivity index is 1.04. The van der Waals surface area contributed by atoms with Crippen LogP contribution in [0.5, 0.6) is 0 Å². The van der Waals surface area contributed by atoms with E-state index >= 15 is 0 Å². The van der Waals surface area contributed by atoms with Crippen LogP contribution in [0.1, 0.15) is 99.9 Å². The number of hydrogen-bond donors (Lipinski definition) is 0. The lowest BCUT2D eigenvalue weighted by atomic mass is 9.79. The fourth-order valence-corrected chi connectivity index (χ4v) is 13.7. The summed E-state index contributed by atoms with van der Waals surface area (Å²) in [5.41, 5.74) is 25.5. The van der Waals surface area contributed by atoms with Crippen LogP contribution in [0.4, 0.5) is 34.1 Å². The Labute approximate surface area is 422 Å². The van der Waals surface area contributed by atoms with Gasteiger partial charge >= 0.3 is 0 Å². The van der Waals surface area contributed by atoms with Crippen molar-refractivity contribution >= 4 is 105 Å². The first-order valence-electron chi connectivity index (χ1n) is 26.6. The van der Waals surface area contributed by atoms with Gasteiger partial charge in [0.2, 0.25) is 0 Å². The molecule has 0 atom stereocenters.